The van der Waals surface area contributed by atoms with E-state index in [1.807, 2.05) is 42.5 Å². The summed E-state index contributed by atoms with van der Waals surface area (Å²) in [5.41, 5.74) is 4.75. The number of carbonyl (C=O) groups excluding carboxylic acids is 2. The number of halogens is 1. The average Bonchev–Trinajstić information content (AvgIpc) is 2.87. The lowest BCUT2D eigenvalue weighted by Gasteiger charge is -2.29. The summed E-state index contributed by atoms with van der Waals surface area (Å²) in [7, 11) is 0. The third-order valence-electron chi connectivity index (χ3n) is 5.89. The quantitative estimate of drug-likeness (QED) is 0.395. The number of nitrogens with one attached hydrogen (secondary N) is 1. The molecule has 0 fully saturated rings. The highest BCUT2D eigenvalue weighted by molar-refractivity contribution is 8.03. The lowest BCUT2D eigenvalue weighted by molar-refractivity contribution is -0.113. The van der Waals surface area contributed by atoms with E-state index in [-0.39, 0.29) is 17.3 Å². The summed E-state index contributed by atoms with van der Waals surface area (Å²) in [5.74, 6) is -1.14. The number of Topliss-reactive ketones (excluding diaryl/α,β-unsaturated/α-hetero) is 2. The Bertz CT molecular complexity index is 1370. The van der Waals surface area contributed by atoms with Crippen LogP contribution in [0.25, 0.3) is 11.1 Å². The standard InChI is InChI=1S/C29H23FN2O2S/c1-18-27(19(2)33)28(23-12-14-24(30)15-13-23)25(16-31)29(32-18)35-17-26(34)22-10-8-21(9-11-22)20-6-4-3-5-7-20/h3-15,28,32H,17H2,1-2H3. The van der Waals surface area contributed by atoms with Crippen LogP contribution in [-0.2, 0) is 4.79 Å². The van der Waals surface area contributed by atoms with Crippen LogP contribution in [0.2, 0.25) is 0 Å². The zero-order chi connectivity index (χ0) is 24.9. The Balaban J connectivity index is 1.57. The number of thioether (sulfide) groups is 1. The molecular formula is C29H23FN2O2S. The molecule has 0 amide bonds. The van der Waals surface area contributed by atoms with Crippen LogP contribution in [0.4, 0.5) is 4.39 Å². The third-order valence-corrected chi connectivity index (χ3v) is 6.91. The third kappa shape index (κ3) is 5.26. The summed E-state index contributed by atoms with van der Waals surface area (Å²) >= 11 is 1.23. The molecule has 4 nitrogen and oxygen atoms in total. The van der Waals surface area contributed by atoms with Crippen LogP contribution in [0.3, 0.4) is 0 Å². The largest absolute Gasteiger partial charge is 0.353 e. The fourth-order valence-corrected chi connectivity index (χ4v) is 5.17. The molecule has 1 heterocycles. The SMILES string of the molecule is CC(=O)C1=C(C)NC(SCC(=O)c2ccc(-c3ccccc3)cc2)=C(C#N)C1c1ccc(F)cc1. The van der Waals surface area contributed by atoms with Crippen molar-refractivity contribution in [3.05, 3.63) is 118 Å². The predicted molar refractivity (Wildman–Crippen MR) is 137 cm³/mol. The predicted octanol–water partition coefficient (Wildman–Crippen LogP) is 6.39. The zero-order valence-electron chi connectivity index (χ0n) is 19.3. The minimum absolute atomic E-state index is 0.0708. The molecule has 35 heavy (non-hydrogen) atoms. The smallest absolute Gasteiger partial charge is 0.173 e. The molecule has 1 aliphatic rings. The molecule has 0 saturated heterocycles. The van der Waals surface area contributed by atoms with E-state index < -0.39 is 11.7 Å². The molecule has 0 saturated carbocycles. The van der Waals surface area contributed by atoms with Gasteiger partial charge >= 0.3 is 0 Å². The van der Waals surface area contributed by atoms with Crippen molar-refractivity contribution in [3.8, 4) is 17.2 Å². The molecule has 1 N–H and O–H groups in total. The molecule has 0 bridgehead atoms. The Morgan fingerprint density at radius 3 is 2.20 bits per heavy atom. The normalized spacial score (nSPS) is 15.4. The van der Waals surface area contributed by atoms with Crippen molar-refractivity contribution in [1.82, 2.24) is 5.32 Å². The van der Waals surface area contributed by atoms with Gasteiger partial charge in [-0.1, -0.05) is 78.5 Å². The number of nitrogens with zero attached hydrogens (tertiary/aromatic N) is 1. The zero-order valence-corrected chi connectivity index (χ0v) is 20.2. The van der Waals surface area contributed by atoms with Gasteiger partial charge < -0.3 is 5.32 Å². The van der Waals surface area contributed by atoms with Crippen molar-refractivity contribution < 1.29 is 14.0 Å². The number of nitriles is 1. The summed E-state index contributed by atoms with van der Waals surface area (Å²) < 4.78 is 13.5. The number of allylic oxidation sites excluding steroid dienone is 3. The number of rotatable bonds is 7. The van der Waals surface area contributed by atoms with Gasteiger partial charge in [0.1, 0.15) is 5.82 Å². The van der Waals surface area contributed by atoms with Crippen molar-refractivity contribution in [3.63, 3.8) is 0 Å². The van der Waals surface area contributed by atoms with E-state index in [1.54, 1.807) is 31.2 Å². The van der Waals surface area contributed by atoms with Gasteiger partial charge in [-0.05, 0) is 42.7 Å². The first-order valence-electron chi connectivity index (χ1n) is 11.1. The highest BCUT2D eigenvalue weighted by atomic mass is 32.2. The maximum atomic E-state index is 13.5. The number of benzene rings is 3. The van der Waals surface area contributed by atoms with E-state index in [0.29, 0.717) is 33.0 Å². The van der Waals surface area contributed by atoms with Gasteiger partial charge in [-0.2, -0.15) is 5.26 Å². The van der Waals surface area contributed by atoms with Crippen molar-refractivity contribution in [2.24, 2.45) is 0 Å². The van der Waals surface area contributed by atoms with Crippen LogP contribution < -0.4 is 5.32 Å². The van der Waals surface area contributed by atoms with E-state index in [2.05, 4.69) is 11.4 Å². The summed E-state index contributed by atoms with van der Waals surface area (Å²) in [5, 5.41) is 13.7. The van der Waals surface area contributed by atoms with Crippen molar-refractivity contribution >= 4 is 23.3 Å². The minimum Gasteiger partial charge on any atom is -0.353 e. The maximum absolute atomic E-state index is 13.5. The first-order valence-corrected chi connectivity index (χ1v) is 12.1. The van der Waals surface area contributed by atoms with Crippen LogP contribution in [0.5, 0.6) is 0 Å². The molecule has 3 aromatic rings. The lowest BCUT2D eigenvalue weighted by atomic mass is 9.81. The second-order valence-electron chi connectivity index (χ2n) is 8.21. The van der Waals surface area contributed by atoms with Gasteiger partial charge in [0, 0.05) is 16.8 Å². The van der Waals surface area contributed by atoms with Crippen LogP contribution in [0, 0.1) is 17.1 Å². The van der Waals surface area contributed by atoms with Gasteiger partial charge in [0.25, 0.3) is 0 Å². The Morgan fingerprint density at radius 1 is 0.971 bits per heavy atom. The van der Waals surface area contributed by atoms with Gasteiger partial charge in [0.2, 0.25) is 0 Å². The topological polar surface area (TPSA) is 70.0 Å². The van der Waals surface area contributed by atoms with Gasteiger partial charge in [0.05, 0.1) is 28.3 Å². The van der Waals surface area contributed by atoms with Crippen LogP contribution in [0.1, 0.15) is 35.7 Å². The molecule has 0 aliphatic carbocycles. The monoisotopic (exact) mass is 482 g/mol. The Hall–Kier alpha value is -3.95. The molecule has 3 aromatic carbocycles. The van der Waals surface area contributed by atoms with Crippen LogP contribution in [0.15, 0.2) is 101 Å². The number of hydrogen-bond donors (Lipinski definition) is 1. The fourth-order valence-electron chi connectivity index (χ4n) is 4.18. The first kappa shape index (κ1) is 24.2. The fraction of sp³-hybridized carbons (Fsp3) is 0.138. The summed E-state index contributed by atoms with van der Waals surface area (Å²) in [6.45, 7) is 3.22. The highest BCUT2D eigenvalue weighted by Crippen LogP contribution is 2.41. The molecule has 6 heteroatoms. The van der Waals surface area contributed by atoms with E-state index in [4.69, 9.17) is 0 Å². The molecule has 0 aromatic heterocycles. The molecule has 4 rings (SSSR count). The van der Waals surface area contributed by atoms with Crippen LogP contribution >= 0.6 is 11.8 Å². The number of dihydropyridines is 1. The number of hydrogen-bond acceptors (Lipinski definition) is 5. The summed E-state index contributed by atoms with van der Waals surface area (Å²) in [6.07, 6.45) is 0. The second kappa shape index (κ2) is 10.5. The lowest BCUT2D eigenvalue weighted by Crippen LogP contribution is -2.27. The van der Waals surface area contributed by atoms with E-state index >= 15 is 0 Å². The summed E-state index contributed by atoms with van der Waals surface area (Å²) in [4.78, 5) is 25.4. The van der Waals surface area contributed by atoms with Gasteiger partial charge in [0.15, 0.2) is 11.6 Å². The first-order chi connectivity index (χ1) is 16.9. The minimum atomic E-state index is -0.623. The Labute approximate surface area is 208 Å². The van der Waals surface area contributed by atoms with Crippen molar-refractivity contribution in [2.45, 2.75) is 19.8 Å². The Kier molecular flexibility index (Phi) is 7.28. The van der Waals surface area contributed by atoms with Crippen molar-refractivity contribution in [2.75, 3.05) is 5.75 Å². The highest BCUT2D eigenvalue weighted by Gasteiger charge is 2.33. The van der Waals surface area contributed by atoms with Gasteiger partial charge in [-0.15, -0.1) is 0 Å². The van der Waals surface area contributed by atoms with Crippen molar-refractivity contribution in [1.29, 1.82) is 5.26 Å². The average molecular weight is 483 g/mol. The van der Waals surface area contributed by atoms with E-state index in [0.717, 1.165) is 11.1 Å². The molecule has 0 radical (unpaired) electrons. The maximum Gasteiger partial charge on any atom is 0.173 e. The Morgan fingerprint density at radius 2 is 1.60 bits per heavy atom. The molecule has 1 unspecified atom stereocenters. The van der Waals surface area contributed by atoms with Gasteiger partial charge in [-0.3, -0.25) is 9.59 Å². The van der Waals surface area contributed by atoms with E-state index in [1.165, 1.54) is 30.8 Å². The molecule has 1 atom stereocenters. The molecule has 174 valence electrons. The van der Waals surface area contributed by atoms with Gasteiger partial charge in [-0.25, -0.2) is 4.39 Å². The van der Waals surface area contributed by atoms with E-state index in [9.17, 15) is 19.2 Å². The molecular weight excluding hydrogens is 459 g/mol. The summed E-state index contributed by atoms with van der Waals surface area (Å²) in [6, 6.07) is 25.4. The molecule has 1 aliphatic heterocycles. The number of ketones is 2. The second-order valence-corrected chi connectivity index (χ2v) is 9.20. The number of carbonyl (C=O) groups is 2. The molecule has 0 spiro atoms. The van der Waals surface area contributed by atoms with Crippen LogP contribution in [-0.4, -0.2) is 17.3 Å².